The molecular weight excluding hydrogens is 168 g/mol. The highest BCUT2D eigenvalue weighted by atomic mass is 32.2. The third-order valence-corrected chi connectivity index (χ3v) is 1.87. The Kier molecular flexibility index (Phi) is 2.65. The molecule has 0 amide bonds. The number of hydrogen-bond donors (Lipinski definition) is 0. The van der Waals surface area contributed by atoms with Crippen LogP contribution in [0.1, 0.15) is 0 Å². The van der Waals surface area contributed by atoms with Crippen molar-refractivity contribution >= 4 is 12.3 Å². The Morgan fingerprint density at radius 1 is 1.09 bits per heavy atom. The molecule has 0 radical (unpaired) electrons. The van der Waals surface area contributed by atoms with Crippen LogP contribution in [-0.2, 0) is 17.8 Å². The molecule has 5 heteroatoms. The van der Waals surface area contributed by atoms with Gasteiger partial charge in [0.15, 0.2) is 12.3 Å². The molecule has 2 saturated heterocycles. The van der Waals surface area contributed by atoms with Gasteiger partial charge in [0.25, 0.3) is 0 Å². The fourth-order valence-corrected chi connectivity index (χ4v) is 1.05. The lowest BCUT2D eigenvalue weighted by molar-refractivity contribution is 0.238. The summed E-state index contributed by atoms with van der Waals surface area (Å²) in [6.45, 7) is 2.89. The fraction of sp³-hybridized carbons (Fsp3) is 1.00. The van der Waals surface area contributed by atoms with Crippen molar-refractivity contribution in [2.45, 2.75) is 12.2 Å². The van der Waals surface area contributed by atoms with E-state index in [4.69, 9.17) is 17.8 Å². The van der Waals surface area contributed by atoms with Crippen molar-refractivity contribution in [1.29, 1.82) is 0 Å². The first-order valence-corrected chi connectivity index (χ1v) is 4.26. The molecule has 0 aromatic rings. The predicted molar refractivity (Wildman–Crippen MR) is 39.0 cm³/mol. The molecule has 0 bridgehead atoms. The Morgan fingerprint density at radius 3 is 1.91 bits per heavy atom. The van der Waals surface area contributed by atoms with E-state index in [0.717, 1.165) is 25.5 Å². The minimum Gasteiger partial charge on any atom is -0.371 e. The Labute approximate surface area is 69.5 Å². The van der Waals surface area contributed by atoms with Gasteiger partial charge in [-0.15, -0.1) is 0 Å². The van der Waals surface area contributed by atoms with Crippen LogP contribution in [0.3, 0.4) is 0 Å². The van der Waals surface area contributed by atoms with E-state index in [1.807, 2.05) is 0 Å². The van der Waals surface area contributed by atoms with Gasteiger partial charge in [0.05, 0.1) is 26.4 Å². The van der Waals surface area contributed by atoms with Crippen molar-refractivity contribution in [3.63, 3.8) is 0 Å². The first-order valence-electron chi connectivity index (χ1n) is 3.59. The van der Waals surface area contributed by atoms with E-state index >= 15 is 0 Å². The highest BCUT2D eigenvalue weighted by molar-refractivity contribution is 7.89. The van der Waals surface area contributed by atoms with Gasteiger partial charge in [0.1, 0.15) is 12.2 Å². The first kappa shape index (κ1) is 7.82. The van der Waals surface area contributed by atoms with Crippen LogP contribution < -0.4 is 0 Å². The van der Waals surface area contributed by atoms with Gasteiger partial charge in [-0.25, -0.2) is 0 Å². The van der Waals surface area contributed by atoms with Gasteiger partial charge in [0.2, 0.25) is 0 Å². The largest absolute Gasteiger partial charge is 0.371 e. The molecule has 0 spiro atoms. The van der Waals surface area contributed by atoms with Crippen LogP contribution in [0.2, 0.25) is 0 Å². The zero-order chi connectivity index (χ0) is 7.52. The second-order valence-corrected chi connectivity index (χ2v) is 3.16. The molecule has 11 heavy (non-hydrogen) atoms. The van der Waals surface area contributed by atoms with E-state index in [-0.39, 0.29) is 0 Å². The second kappa shape index (κ2) is 3.73. The molecule has 2 heterocycles. The molecule has 2 atom stereocenters. The van der Waals surface area contributed by atoms with Crippen LogP contribution in [0.5, 0.6) is 0 Å². The minimum atomic E-state index is 0.309. The molecule has 0 aromatic heterocycles. The third-order valence-electron chi connectivity index (χ3n) is 1.41. The molecule has 2 aliphatic heterocycles. The maximum Gasteiger partial charge on any atom is 0.158 e. The average Bonchev–Trinajstić information content (AvgIpc) is 2.83. The lowest BCUT2D eigenvalue weighted by atomic mass is 10.5. The van der Waals surface area contributed by atoms with Crippen LogP contribution in [0.15, 0.2) is 0 Å². The topological polar surface area (TPSA) is 43.5 Å². The lowest BCUT2D eigenvalue weighted by Gasteiger charge is -1.98. The summed E-state index contributed by atoms with van der Waals surface area (Å²) in [6.07, 6.45) is 0.617. The number of ether oxygens (including phenoxy) is 2. The summed E-state index contributed by atoms with van der Waals surface area (Å²) >= 11 is 1.03. The second-order valence-electron chi connectivity index (χ2n) is 2.55. The summed E-state index contributed by atoms with van der Waals surface area (Å²) in [5.74, 6) is 0. The number of hydrogen-bond acceptors (Lipinski definition) is 5. The highest BCUT2D eigenvalue weighted by Crippen LogP contribution is 2.16. The summed E-state index contributed by atoms with van der Waals surface area (Å²) in [7, 11) is 0. The van der Waals surface area contributed by atoms with Crippen molar-refractivity contribution in [2.75, 3.05) is 26.4 Å². The van der Waals surface area contributed by atoms with Crippen LogP contribution >= 0.6 is 12.3 Å². The maximum absolute atomic E-state index is 5.05. The van der Waals surface area contributed by atoms with Gasteiger partial charge in [0, 0.05) is 0 Å². The van der Waals surface area contributed by atoms with Crippen molar-refractivity contribution < 1.29 is 17.8 Å². The summed E-state index contributed by atoms with van der Waals surface area (Å²) < 4.78 is 20.0. The molecule has 4 nitrogen and oxygen atoms in total. The molecule has 0 N–H and O–H groups in total. The molecule has 0 aromatic carbocycles. The summed E-state index contributed by atoms with van der Waals surface area (Å²) in [5.41, 5.74) is 0. The van der Waals surface area contributed by atoms with Gasteiger partial charge in [-0.3, -0.25) is 8.37 Å². The normalized spacial score (nSPS) is 33.8. The minimum absolute atomic E-state index is 0.309. The predicted octanol–water partition coefficient (Wildman–Crippen LogP) is 0.380. The Hall–Kier alpha value is 0.190. The van der Waals surface area contributed by atoms with E-state index in [9.17, 15) is 0 Å². The van der Waals surface area contributed by atoms with Crippen LogP contribution in [0.4, 0.5) is 0 Å². The molecule has 2 fully saturated rings. The van der Waals surface area contributed by atoms with Crippen molar-refractivity contribution in [3.05, 3.63) is 0 Å². The fourth-order valence-electron chi connectivity index (χ4n) is 0.570. The van der Waals surface area contributed by atoms with E-state index in [1.54, 1.807) is 0 Å². The quantitative estimate of drug-likeness (QED) is 0.334. The molecule has 2 rings (SSSR count). The maximum atomic E-state index is 5.05. The Morgan fingerprint density at radius 2 is 1.55 bits per heavy atom. The standard InChI is InChI=1S/C6H10O4S/c1-5(7-1)3-9-11-10-4-6-2-8-6/h5-6H,1-4H2. The van der Waals surface area contributed by atoms with Crippen LogP contribution in [0.25, 0.3) is 0 Å². The van der Waals surface area contributed by atoms with E-state index in [1.165, 1.54) is 0 Å². The Balaban J connectivity index is 1.35. The third kappa shape index (κ3) is 3.39. The number of rotatable bonds is 6. The molecule has 2 unspecified atom stereocenters. The van der Waals surface area contributed by atoms with Gasteiger partial charge in [-0.2, -0.15) is 0 Å². The van der Waals surface area contributed by atoms with Crippen molar-refractivity contribution in [1.82, 2.24) is 0 Å². The summed E-state index contributed by atoms with van der Waals surface area (Å²) in [6, 6.07) is 0. The van der Waals surface area contributed by atoms with Gasteiger partial charge in [-0.05, 0) is 0 Å². The Bertz CT molecular complexity index is 110. The van der Waals surface area contributed by atoms with Crippen LogP contribution in [-0.4, -0.2) is 38.6 Å². The monoisotopic (exact) mass is 178 g/mol. The van der Waals surface area contributed by atoms with E-state index in [0.29, 0.717) is 25.4 Å². The van der Waals surface area contributed by atoms with E-state index in [2.05, 4.69) is 0 Å². The molecular formula is C6H10O4S. The van der Waals surface area contributed by atoms with Gasteiger partial charge < -0.3 is 9.47 Å². The summed E-state index contributed by atoms with van der Waals surface area (Å²) in [5, 5.41) is 0. The molecule has 0 saturated carbocycles. The highest BCUT2D eigenvalue weighted by Gasteiger charge is 2.24. The molecule has 0 aliphatic carbocycles. The number of epoxide rings is 2. The van der Waals surface area contributed by atoms with E-state index < -0.39 is 0 Å². The van der Waals surface area contributed by atoms with Gasteiger partial charge in [-0.1, -0.05) is 0 Å². The molecule has 64 valence electrons. The lowest BCUT2D eigenvalue weighted by Crippen LogP contribution is -1.99. The zero-order valence-electron chi connectivity index (χ0n) is 6.02. The smallest absolute Gasteiger partial charge is 0.158 e. The van der Waals surface area contributed by atoms with Crippen molar-refractivity contribution in [2.24, 2.45) is 0 Å². The van der Waals surface area contributed by atoms with Crippen molar-refractivity contribution in [3.8, 4) is 0 Å². The summed E-state index contributed by atoms with van der Waals surface area (Å²) in [4.78, 5) is 0. The molecule has 2 aliphatic rings. The average molecular weight is 178 g/mol. The zero-order valence-corrected chi connectivity index (χ0v) is 6.84. The SMILES string of the molecule is C(OSOCC1CO1)C1CO1. The van der Waals surface area contributed by atoms with Crippen LogP contribution in [0, 0.1) is 0 Å². The van der Waals surface area contributed by atoms with Gasteiger partial charge >= 0.3 is 0 Å². The first-order chi connectivity index (χ1) is 5.45.